The molecule has 4 nitrogen and oxygen atoms in total. The van der Waals surface area contributed by atoms with Crippen molar-refractivity contribution in [2.75, 3.05) is 26.2 Å². The number of nitrogens with one attached hydrogen (secondary N) is 3. The summed E-state index contributed by atoms with van der Waals surface area (Å²) < 4.78 is 0. The summed E-state index contributed by atoms with van der Waals surface area (Å²) in [7, 11) is 0. The van der Waals surface area contributed by atoms with Gasteiger partial charge in [0.25, 0.3) is 0 Å². The van der Waals surface area contributed by atoms with Gasteiger partial charge in [0.1, 0.15) is 13.1 Å². The average Bonchev–Trinajstić information content (AvgIpc) is 2.86. The maximum absolute atomic E-state index is 4.37. The standard InChI is InChI=1S/C10H18N4/c1(3-9-11-5-6-12-9)2-4-10-13-7-8-14-10/h1-8H2,(H,11,12)(H,13,14)/p+1. The molecular formula is C10H19N4+. The lowest BCUT2D eigenvalue weighted by Crippen LogP contribution is -2.70. The average molecular weight is 195 g/mol. The minimum atomic E-state index is 0.968. The molecule has 0 aromatic carbocycles. The van der Waals surface area contributed by atoms with Crippen LogP contribution < -0.4 is 15.6 Å². The van der Waals surface area contributed by atoms with Gasteiger partial charge in [0.05, 0.1) is 12.4 Å². The van der Waals surface area contributed by atoms with E-state index in [0.717, 1.165) is 39.0 Å². The molecule has 0 radical (unpaired) electrons. The van der Waals surface area contributed by atoms with E-state index in [4.69, 9.17) is 0 Å². The van der Waals surface area contributed by atoms with Gasteiger partial charge in [-0.25, -0.2) is 0 Å². The lowest BCUT2D eigenvalue weighted by molar-refractivity contribution is -0.445. The topological polar surface area (TPSA) is 50.4 Å². The first-order valence-corrected chi connectivity index (χ1v) is 5.56. The molecule has 14 heavy (non-hydrogen) atoms. The fraction of sp³-hybridized carbons (Fsp3) is 0.800. The molecule has 0 aromatic heterocycles. The molecule has 2 aliphatic rings. The third-order valence-electron chi connectivity index (χ3n) is 2.64. The molecule has 0 aliphatic carbocycles. The Morgan fingerprint density at radius 3 is 2.79 bits per heavy atom. The fourth-order valence-corrected chi connectivity index (χ4v) is 1.87. The van der Waals surface area contributed by atoms with Crippen LogP contribution in [0.1, 0.15) is 25.7 Å². The highest BCUT2D eigenvalue weighted by Crippen LogP contribution is 2.02. The lowest BCUT2D eigenvalue weighted by atomic mass is 10.2. The molecule has 78 valence electrons. The predicted molar refractivity (Wildman–Crippen MR) is 57.6 cm³/mol. The van der Waals surface area contributed by atoms with E-state index in [0.29, 0.717) is 0 Å². The highest BCUT2D eigenvalue weighted by atomic mass is 15.1. The molecule has 0 saturated heterocycles. The van der Waals surface area contributed by atoms with E-state index in [-0.39, 0.29) is 0 Å². The Morgan fingerprint density at radius 2 is 2.07 bits per heavy atom. The van der Waals surface area contributed by atoms with E-state index in [1.807, 2.05) is 0 Å². The SMILES string of the molecule is C(CCC1=[NH+]CCN1)CC1=NCCN1. The first-order valence-electron chi connectivity index (χ1n) is 5.56. The van der Waals surface area contributed by atoms with Crippen molar-refractivity contribution in [2.24, 2.45) is 4.99 Å². The Morgan fingerprint density at radius 1 is 1.14 bits per heavy atom. The number of unbranched alkanes of at least 4 members (excludes halogenated alkanes) is 1. The Balaban J connectivity index is 1.54. The number of aliphatic imine (C=N–C) groups is 1. The van der Waals surface area contributed by atoms with Crippen molar-refractivity contribution in [2.45, 2.75) is 25.7 Å². The summed E-state index contributed by atoms with van der Waals surface area (Å²) in [5.41, 5.74) is 0. The number of hydrogen-bond donors (Lipinski definition) is 3. The molecule has 0 spiro atoms. The van der Waals surface area contributed by atoms with Crippen molar-refractivity contribution in [1.29, 1.82) is 0 Å². The zero-order chi connectivity index (χ0) is 9.64. The second kappa shape index (κ2) is 4.98. The van der Waals surface area contributed by atoms with Gasteiger partial charge in [-0.05, 0) is 12.8 Å². The third-order valence-corrected chi connectivity index (χ3v) is 2.64. The monoisotopic (exact) mass is 195 g/mol. The van der Waals surface area contributed by atoms with Crippen LogP contribution in [0, 0.1) is 0 Å². The molecule has 2 heterocycles. The Labute approximate surface area is 84.9 Å². The van der Waals surface area contributed by atoms with Crippen molar-refractivity contribution >= 4 is 11.7 Å². The van der Waals surface area contributed by atoms with E-state index in [1.165, 1.54) is 24.5 Å². The van der Waals surface area contributed by atoms with Crippen LogP contribution in [-0.2, 0) is 0 Å². The first kappa shape index (κ1) is 9.49. The van der Waals surface area contributed by atoms with Crippen LogP contribution in [0.25, 0.3) is 0 Å². The smallest absolute Gasteiger partial charge is 0.242 e. The minimum absolute atomic E-state index is 0.968. The Hall–Kier alpha value is -1.06. The maximum atomic E-state index is 4.37. The van der Waals surface area contributed by atoms with Crippen LogP contribution in [0.2, 0.25) is 0 Å². The van der Waals surface area contributed by atoms with Gasteiger partial charge in [-0.3, -0.25) is 15.3 Å². The van der Waals surface area contributed by atoms with Crippen LogP contribution >= 0.6 is 0 Å². The van der Waals surface area contributed by atoms with Gasteiger partial charge < -0.3 is 5.32 Å². The molecule has 0 unspecified atom stereocenters. The van der Waals surface area contributed by atoms with E-state index in [2.05, 4.69) is 20.6 Å². The van der Waals surface area contributed by atoms with E-state index >= 15 is 0 Å². The second-order valence-electron chi connectivity index (χ2n) is 3.79. The molecule has 4 heteroatoms. The molecule has 0 saturated carbocycles. The molecule has 3 N–H and O–H groups in total. The number of rotatable bonds is 5. The van der Waals surface area contributed by atoms with Crippen molar-refractivity contribution < 1.29 is 4.99 Å². The van der Waals surface area contributed by atoms with Crippen LogP contribution in [-0.4, -0.2) is 37.9 Å². The molecule has 0 fully saturated rings. The quantitative estimate of drug-likeness (QED) is 0.474. The normalized spacial score (nSPS) is 20.0. The van der Waals surface area contributed by atoms with Crippen molar-refractivity contribution in [1.82, 2.24) is 10.6 Å². The van der Waals surface area contributed by atoms with Crippen molar-refractivity contribution in [3.63, 3.8) is 0 Å². The van der Waals surface area contributed by atoms with Gasteiger partial charge in [-0.2, -0.15) is 0 Å². The number of nitrogens with zero attached hydrogens (tertiary/aromatic N) is 1. The Bertz CT molecular complexity index is 219. The molecule has 2 rings (SSSR count). The maximum Gasteiger partial charge on any atom is 0.242 e. The Kier molecular flexibility index (Phi) is 3.38. The van der Waals surface area contributed by atoms with Crippen LogP contribution in [0.3, 0.4) is 0 Å². The summed E-state index contributed by atoms with van der Waals surface area (Å²) in [5, 5.41) is 6.64. The molecule has 0 bridgehead atoms. The minimum Gasteiger partial charge on any atom is -0.372 e. The van der Waals surface area contributed by atoms with Gasteiger partial charge in [-0.15, -0.1) is 0 Å². The second-order valence-corrected chi connectivity index (χ2v) is 3.79. The van der Waals surface area contributed by atoms with E-state index in [9.17, 15) is 0 Å². The zero-order valence-electron chi connectivity index (χ0n) is 8.60. The fourth-order valence-electron chi connectivity index (χ4n) is 1.87. The lowest BCUT2D eigenvalue weighted by Gasteiger charge is -2.00. The van der Waals surface area contributed by atoms with E-state index in [1.54, 1.807) is 0 Å². The highest BCUT2D eigenvalue weighted by molar-refractivity contribution is 5.83. The molecule has 0 atom stereocenters. The largest absolute Gasteiger partial charge is 0.372 e. The van der Waals surface area contributed by atoms with E-state index < -0.39 is 0 Å². The van der Waals surface area contributed by atoms with Crippen LogP contribution in [0.15, 0.2) is 4.99 Å². The van der Waals surface area contributed by atoms with Crippen LogP contribution in [0.4, 0.5) is 0 Å². The molecule has 0 amide bonds. The highest BCUT2D eigenvalue weighted by Gasteiger charge is 2.11. The first-order chi connectivity index (χ1) is 6.95. The zero-order valence-corrected chi connectivity index (χ0v) is 8.60. The summed E-state index contributed by atoms with van der Waals surface area (Å²) in [6, 6.07) is 0. The third kappa shape index (κ3) is 2.72. The van der Waals surface area contributed by atoms with Gasteiger partial charge in [0.15, 0.2) is 0 Å². The summed E-state index contributed by atoms with van der Waals surface area (Å²) in [5.74, 6) is 2.54. The summed E-state index contributed by atoms with van der Waals surface area (Å²) in [6.45, 7) is 4.18. The van der Waals surface area contributed by atoms with Gasteiger partial charge in [0, 0.05) is 19.4 Å². The molecule has 0 aromatic rings. The summed E-state index contributed by atoms with van der Waals surface area (Å²) in [6.07, 6.45) is 4.76. The van der Waals surface area contributed by atoms with Crippen molar-refractivity contribution in [3.05, 3.63) is 0 Å². The van der Waals surface area contributed by atoms with Crippen LogP contribution in [0.5, 0.6) is 0 Å². The predicted octanol–water partition coefficient (Wildman–Crippen LogP) is -1.37. The summed E-state index contributed by atoms with van der Waals surface area (Å²) >= 11 is 0. The number of amidine groups is 2. The van der Waals surface area contributed by atoms with Gasteiger partial charge >= 0.3 is 0 Å². The van der Waals surface area contributed by atoms with Gasteiger partial charge in [-0.1, -0.05) is 0 Å². The molecular weight excluding hydrogens is 176 g/mol. The summed E-state index contributed by atoms with van der Waals surface area (Å²) in [4.78, 5) is 7.72. The van der Waals surface area contributed by atoms with Crippen molar-refractivity contribution in [3.8, 4) is 0 Å². The molecule has 2 aliphatic heterocycles. The van der Waals surface area contributed by atoms with Gasteiger partial charge in [0.2, 0.25) is 5.84 Å². The number of hydrogen-bond acceptors (Lipinski definition) is 3.